The average Bonchev–Trinajstić information content (AvgIpc) is 2.37. The average molecular weight is 325 g/mol. The summed E-state index contributed by atoms with van der Waals surface area (Å²) in [6.45, 7) is 4.34. The molecular formula is C13H11BrClN3. The van der Waals surface area contributed by atoms with Gasteiger partial charge in [-0.15, -0.1) is 0 Å². The lowest BCUT2D eigenvalue weighted by Gasteiger charge is -2.07. The quantitative estimate of drug-likeness (QED) is 0.860. The number of nitrogens with one attached hydrogen (secondary N) is 1. The van der Waals surface area contributed by atoms with Crippen LogP contribution in [0.4, 0.5) is 5.82 Å². The molecule has 3 nitrogen and oxygen atoms in total. The molecule has 0 saturated carbocycles. The summed E-state index contributed by atoms with van der Waals surface area (Å²) in [5.74, 6) is 1.28. The van der Waals surface area contributed by atoms with Crippen molar-refractivity contribution in [1.29, 1.82) is 0 Å². The van der Waals surface area contributed by atoms with E-state index in [1.165, 1.54) is 0 Å². The van der Waals surface area contributed by atoms with Crippen LogP contribution in [0.5, 0.6) is 0 Å². The Kier molecular flexibility index (Phi) is 4.33. The lowest BCUT2D eigenvalue weighted by atomic mass is 10.2. The van der Waals surface area contributed by atoms with E-state index < -0.39 is 0 Å². The molecule has 0 bridgehead atoms. The van der Waals surface area contributed by atoms with Crippen LogP contribution >= 0.6 is 27.5 Å². The lowest BCUT2D eigenvalue weighted by molar-refractivity contribution is 1.15. The molecule has 1 N–H and O–H groups in total. The number of benzene rings is 1. The van der Waals surface area contributed by atoms with Crippen molar-refractivity contribution in [2.45, 2.75) is 0 Å². The van der Waals surface area contributed by atoms with E-state index in [4.69, 9.17) is 11.6 Å². The van der Waals surface area contributed by atoms with Crippen molar-refractivity contribution in [2.75, 3.05) is 11.9 Å². The Morgan fingerprint density at radius 1 is 1.28 bits per heavy atom. The molecule has 0 unspecified atom stereocenters. The van der Waals surface area contributed by atoms with Gasteiger partial charge in [0, 0.05) is 22.7 Å². The molecule has 0 aliphatic carbocycles. The van der Waals surface area contributed by atoms with Gasteiger partial charge in [-0.3, -0.25) is 0 Å². The summed E-state index contributed by atoms with van der Waals surface area (Å²) in [5, 5.41) is 3.52. The van der Waals surface area contributed by atoms with E-state index in [1.807, 2.05) is 30.3 Å². The van der Waals surface area contributed by atoms with Gasteiger partial charge in [0.2, 0.25) is 0 Å². The summed E-state index contributed by atoms with van der Waals surface area (Å²) in [6.07, 6.45) is 0. The predicted octanol–water partition coefficient (Wildman–Crippen LogP) is 4.12. The maximum absolute atomic E-state index is 5.99. The molecule has 0 fully saturated rings. The Morgan fingerprint density at radius 2 is 2.00 bits per heavy atom. The van der Waals surface area contributed by atoms with Crippen LogP contribution in [0.2, 0.25) is 5.15 Å². The van der Waals surface area contributed by atoms with Gasteiger partial charge in [0.05, 0.1) is 0 Å². The van der Waals surface area contributed by atoms with Crippen molar-refractivity contribution < 1.29 is 0 Å². The maximum Gasteiger partial charge on any atom is 0.163 e. The molecule has 92 valence electrons. The number of anilines is 1. The first-order chi connectivity index (χ1) is 8.65. The standard InChI is InChI=1S/C13H11BrClN3/c1-9(14)8-16-12-7-11(15)17-13(18-12)10-5-3-2-4-6-10/h2-7H,1,8H2,(H,16,17,18). The Bertz CT molecular complexity index is 557. The summed E-state index contributed by atoms with van der Waals surface area (Å²) in [4.78, 5) is 8.62. The summed E-state index contributed by atoms with van der Waals surface area (Å²) >= 11 is 9.27. The maximum atomic E-state index is 5.99. The van der Waals surface area contributed by atoms with Crippen LogP contribution in [0.3, 0.4) is 0 Å². The van der Waals surface area contributed by atoms with Crippen LogP contribution in [0.15, 0.2) is 47.5 Å². The largest absolute Gasteiger partial charge is 0.365 e. The third-order valence-corrected chi connectivity index (χ3v) is 2.66. The van der Waals surface area contributed by atoms with E-state index in [9.17, 15) is 0 Å². The Morgan fingerprint density at radius 3 is 2.67 bits per heavy atom. The van der Waals surface area contributed by atoms with E-state index in [0.717, 1.165) is 10.0 Å². The fourth-order valence-corrected chi connectivity index (χ4v) is 1.73. The Labute approximate surface area is 119 Å². The van der Waals surface area contributed by atoms with Crippen LogP contribution in [-0.4, -0.2) is 16.5 Å². The molecule has 0 spiro atoms. The summed E-state index contributed by atoms with van der Waals surface area (Å²) in [7, 11) is 0. The summed E-state index contributed by atoms with van der Waals surface area (Å²) in [5.41, 5.74) is 0.931. The number of aromatic nitrogens is 2. The number of rotatable bonds is 4. The zero-order valence-corrected chi connectivity index (χ0v) is 11.9. The van der Waals surface area contributed by atoms with E-state index in [1.54, 1.807) is 6.07 Å². The van der Waals surface area contributed by atoms with Crippen molar-refractivity contribution in [2.24, 2.45) is 0 Å². The SMILES string of the molecule is C=C(Br)CNc1cc(Cl)nc(-c2ccccc2)n1. The summed E-state index contributed by atoms with van der Waals surface area (Å²) in [6, 6.07) is 11.4. The van der Waals surface area contributed by atoms with Gasteiger partial charge in [-0.05, 0) is 0 Å². The zero-order chi connectivity index (χ0) is 13.0. The molecule has 2 rings (SSSR count). The van der Waals surface area contributed by atoms with Gasteiger partial charge in [-0.25, -0.2) is 9.97 Å². The van der Waals surface area contributed by atoms with Crippen LogP contribution in [0, 0.1) is 0 Å². The highest BCUT2D eigenvalue weighted by Crippen LogP contribution is 2.20. The van der Waals surface area contributed by atoms with Crippen LogP contribution in [-0.2, 0) is 0 Å². The molecule has 0 aliphatic heterocycles. The molecule has 1 aromatic heterocycles. The third kappa shape index (κ3) is 3.55. The normalized spacial score (nSPS) is 10.1. The minimum Gasteiger partial charge on any atom is -0.365 e. The van der Waals surface area contributed by atoms with Crippen molar-refractivity contribution in [3.63, 3.8) is 0 Å². The fraction of sp³-hybridized carbons (Fsp3) is 0.0769. The van der Waals surface area contributed by atoms with Crippen LogP contribution in [0.1, 0.15) is 0 Å². The zero-order valence-electron chi connectivity index (χ0n) is 9.53. The molecule has 0 saturated heterocycles. The van der Waals surface area contributed by atoms with Gasteiger partial charge < -0.3 is 5.32 Å². The van der Waals surface area contributed by atoms with Gasteiger partial charge in [0.25, 0.3) is 0 Å². The van der Waals surface area contributed by atoms with Crippen molar-refractivity contribution >= 4 is 33.3 Å². The van der Waals surface area contributed by atoms with Crippen LogP contribution < -0.4 is 5.32 Å². The molecule has 1 heterocycles. The van der Waals surface area contributed by atoms with Crippen molar-refractivity contribution in [3.05, 3.63) is 52.6 Å². The second-order valence-corrected chi connectivity index (χ2v) is 5.15. The van der Waals surface area contributed by atoms with Gasteiger partial charge >= 0.3 is 0 Å². The van der Waals surface area contributed by atoms with E-state index in [2.05, 4.69) is 37.8 Å². The molecule has 0 radical (unpaired) electrons. The topological polar surface area (TPSA) is 37.8 Å². The smallest absolute Gasteiger partial charge is 0.163 e. The van der Waals surface area contributed by atoms with Crippen molar-refractivity contribution in [1.82, 2.24) is 9.97 Å². The molecule has 18 heavy (non-hydrogen) atoms. The highest BCUT2D eigenvalue weighted by atomic mass is 79.9. The first kappa shape index (κ1) is 13.1. The predicted molar refractivity (Wildman–Crippen MR) is 79.0 cm³/mol. The highest BCUT2D eigenvalue weighted by molar-refractivity contribution is 9.11. The third-order valence-electron chi connectivity index (χ3n) is 2.19. The van der Waals surface area contributed by atoms with E-state index >= 15 is 0 Å². The first-order valence-electron chi connectivity index (χ1n) is 5.32. The molecule has 0 amide bonds. The van der Waals surface area contributed by atoms with Gasteiger partial charge in [0.15, 0.2) is 5.82 Å². The minimum atomic E-state index is 0.409. The van der Waals surface area contributed by atoms with E-state index in [0.29, 0.717) is 23.3 Å². The van der Waals surface area contributed by atoms with E-state index in [-0.39, 0.29) is 0 Å². The van der Waals surface area contributed by atoms with Gasteiger partial charge in [-0.2, -0.15) is 0 Å². The molecule has 0 atom stereocenters. The van der Waals surface area contributed by atoms with Crippen molar-refractivity contribution in [3.8, 4) is 11.4 Å². The molecule has 2 aromatic rings. The highest BCUT2D eigenvalue weighted by Gasteiger charge is 2.05. The molecule has 1 aromatic carbocycles. The number of halogens is 2. The van der Waals surface area contributed by atoms with Gasteiger partial charge in [-0.1, -0.05) is 64.4 Å². The Balaban J connectivity index is 2.29. The number of hydrogen-bond acceptors (Lipinski definition) is 3. The number of nitrogens with zero attached hydrogens (tertiary/aromatic N) is 2. The summed E-state index contributed by atoms with van der Waals surface area (Å²) < 4.78 is 0.846. The molecular weight excluding hydrogens is 314 g/mol. The first-order valence-corrected chi connectivity index (χ1v) is 6.49. The lowest BCUT2D eigenvalue weighted by Crippen LogP contribution is -2.04. The van der Waals surface area contributed by atoms with Gasteiger partial charge in [0.1, 0.15) is 11.0 Å². The minimum absolute atomic E-state index is 0.409. The molecule has 5 heteroatoms. The fourth-order valence-electron chi connectivity index (χ4n) is 1.41. The molecule has 0 aliphatic rings. The second-order valence-electron chi connectivity index (χ2n) is 3.64. The second kappa shape index (κ2) is 5.98. The monoisotopic (exact) mass is 323 g/mol. The Hall–Kier alpha value is -1.39. The van der Waals surface area contributed by atoms with Crippen LogP contribution in [0.25, 0.3) is 11.4 Å². The number of hydrogen-bond donors (Lipinski definition) is 1.